The van der Waals surface area contributed by atoms with E-state index in [-0.39, 0.29) is 97.1 Å². The maximum Gasteiger partial charge on any atom is 0.408 e. The van der Waals surface area contributed by atoms with Gasteiger partial charge in [-0.25, -0.2) is 41.9 Å². The summed E-state index contributed by atoms with van der Waals surface area (Å²) in [6.07, 6.45) is 2.90. The highest BCUT2D eigenvalue weighted by Gasteiger charge is 2.48. The molecule has 0 aliphatic carbocycles. The molecule has 0 radical (unpaired) electrons. The summed E-state index contributed by atoms with van der Waals surface area (Å²) in [5.41, 5.74) is 1.73. The van der Waals surface area contributed by atoms with E-state index < -0.39 is 160 Å². The van der Waals surface area contributed by atoms with E-state index in [1.54, 1.807) is 68.4 Å². The number of carboxylic acids is 2. The zero-order chi connectivity index (χ0) is 96.8. The number of halogens is 3. The predicted octanol–water partition coefficient (Wildman–Crippen LogP) is 14.3. The van der Waals surface area contributed by atoms with E-state index in [9.17, 15) is 80.9 Å². The lowest BCUT2D eigenvalue weighted by molar-refractivity contribution is -0.161. The van der Waals surface area contributed by atoms with E-state index in [0.29, 0.717) is 16.7 Å². The molecule has 0 bridgehead atoms. The van der Waals surface area contributed by atoms with E-state index >= 15 is 0 Å². The molecule has 27 nitrogen and oxygen atoms in total. The lowest BCUT2D eigenvalue weighted by Gasteiger charge is -2.44. The first-order valence-corrected chi connectivity index (χ1v) is 44.0. The summed E-state index contributed by atoms with van der Waals surface area (Å²) in [5, 5.41) is 34.3. The second-order valence-electron chi connectivity index (χ2n) is 35.8. The molecule has 9 atom stereocenters. The number of carboxylic acid groups (broad SMARTS) is 2. The maximum absolute atomic E-state index is 14.1. The zero-order valence-electron chi connectivity index (χ0n) is 76.5. The molecule has 30 heteroatoms. The highest BCUT2D eigenvalue weighted by Crippen LogP contribution is 2.30. The number of piperazine rings is 3. The monoisotopic (exact) mass is 1820 g/mol. The molecule has 0 aromatic heterocycles. The van der Waals surface area contributed by atoms with E-state index in [1.165, 1.54) is 121 Å². The van der Waals surface area contributed by atoms with Crippen LogP contribution in [0.5, 0.6) is 0 Å². The van der Waals surface area contributed by atoms with Crippen LogP contribution in [-0.2, 0) is 101 Å². The molecular formula is C103H116F3N9O18. The number of rotatable bonds is 30. The molecule has 9 amide bonds. The summed E-state index contributed by atoms with van der Waals surface area (Å²) >= 11 is 0. The number of nitrogens with one attached hydrogen (secondary N) is 3. The summed E-state index contributed by atoms with van der Waals surface area (Å²) in [6.45, 7) is 26.8. The van der Waals surface area contributed by atoms with Gasteiger partial charge in [0, 0.05) is 77.8 Å². The molecule has 9 aromatic rings. The number of aliphatic carboxylic acids is 2. The van der Waals surface area contributed by atoms with Crippen molar-refractivity contribution in [3.8, 4) is 0 Å². The smallest absolute Gasteiger partial charge is 0.408 e. The first kappa shape index (κ1) is 101. The fraction of sp³-hybridized carbons (Fsp3) is 0.359. The minimum Gasteiger partial charge on any atom is -0.480 e. The van der Waals surface area contributed by atoms with Crippen molar-refractivity contribution in [1.82, 2.24) is 45.3 Å². The molecule has 12 rings (SSSR count). The van der Waals surface area contributed by atoms with Gasteiger partial charge in [-0.05, 0) is 184 Å². The minimum absolute atomic E-state index is 0.0154. The van der Waals surface area contributed by atoms with Gasteiger partial charge in [0.25, 0.3) is 0 Å². The van der Waals surface area contributed by atoms with E-state index in [4.69, 9.17) is 18.9 Å². The maximum atomic E-state index is 14.1. The number of benzene rings is 9. The van der Waals surface area contributed by atoms with Gasteiger partial charge >= 0.3 is 36.2 Å². The third-order valence-electron chi connectivity index (χ3n) is 22.5. The summed E-state index contributed by atoms with van der Waals surface area (Å²) in [7, 11) is 1.28. The number of hydrogen-bond acceptors (Lipinski definition) is 16. The number of hydrogen-bond donors (Lipinski definition) is 5. The molecule has 3 aliphatic rings. The van der Waals surface area contributed by atoms with Crippen molar-refractivity contribution in [3.05, 3.63) is 289 Å². The zero-order valence-corrected chi connectivity index (χ0v) is 76.5. The van der Waals surface area contributed by atoms with Crippen LogP contribution in [0.2, 0.25) is 0 Å². The van der Waals surface area contributed by atoms with Crippen molar-refractivity contribution < 1.29 is 99.9 Å². The summed E-state index contributed by atoms with van der Waals surface area (Å²) < 4.78 is 62.0. The first-order valence-electron chi connectivity index (χ1n) is 44.0. The molecule has 3 aliphatic heterocycles. The van der Waals surface area contributed by atoms with Gasteiger partial charge in [0.15, 0.2) is 0 Å². The van der Waals surface area contributed by atoms with Crippen LogP contribution in [0.4, 0.5) is 27.6 Å². The van der Waals surface area contributed by atoms with Crippen LogP contribution >= 0.6 is 0 Å². The Hall–Kier alpha value is -14.2. The third-order valence-corrected chi connectivity index (χ3v) is 22.5. The topological polar surface area (TPSA) is 338 Å². The number of carbonyl (C=O) groups excluding carboxylic acids is 10. The van der Waals surface area contributed by atoms with Crippen molar-refractivity contribution >= 4 is 104 Å². The molecule has 5 N–H and O–H groups in total. The molecule has 0 saturated carbocycles. The van der Waals surface area contributed by atoms with Gasteiger partial charge in [-0.3, -0.25) is 28.8 Å². The van der Waals surface area contributed by atoms with Crippen LogP contribution in [-0.4, -0.2) is 229 Å². The van der Waals surface area contributed by atoms with Gasteiger partial charge in [-0.1, -0.05) is 182 Å². The van der Waals surface area contributed by atoms with E-state index in [0.717, 1.165) is 49.0 Å². The van der Waals surface area contributed by atoms with Gasteiger partial charge in [0.1, 0.15) is 88.6 Å². The van der Waals surface area contributed by atoms with Crippen LogP contribution in [0.3, 0.4) is 0 Å². The molecule has 3 heterocycles. The highest BCUT2D eigenvalue weighted by atomic mass is 19.1. The van der Waals surface area contributed by atoms with Crippen molar-refractivity contribution in [1.29, 1.82) is 0 Å². The fourth-order valence-electron chi connectivity index (χ4n) is 16.3. The Morgan fingerprint density at radius 3 is 0.842 bits per heavy atom. The van der Waals surface area contributed by atoms with Crippen molar-refractivity contribution in [2.75, 3.05) is 46.4 Å². The van der Waals surface area contributed by atoms with Crippen LogP contribution in [0.25, 0.3) is 32.3 Å². The number of nitrogens with zero attached hydrogens (tertiary/aromatic N) is 6. The number of esters is 1. The fourth-order valence-corrected chi connectivity index (χ4v) is 16.3. The average Bonchev–Trinajstić information content (AvgIpc) is 0.787. The Morgan fingerprint density at radius 1 is 0.361 bits per heavy atom. The molecule has 3 saturated heterocycles. The summed E-state index contributed by atoms with van der Waals surface area (Å²) in [4.78, 5) is 168. The normalized spacial score (nSPS) is 16.7. The average molecular weight is 1830 g/mol. The quantitative estimate of drug-likeness (QED) is 0.0159. The van der Waals surface area contributed by atoms with E-state index in [2.05, 4.69) is 35.7 Å². The first-order chi connectivity index (χ1) is 63.1. The Morgan fingerprint density at radius 2 is 0.602 bits per heavy atom. The number of fused-ring (bicyclic) bond motifs is 3. The Balaban J connectivity index is 0.000000207. The lowest BCUT2D eigenvalue weighted by atomic mass is 9.97. The number of methoxy groups -OCH3 is 1. The van der Waals surface area contributed by atoms with Gasteiger partial charge in [0.05, 0.1) is 7.11 Å². The molecular weight excluding hydrogens is 1710 g/mol. The Labute approximate surface area is 771 Å². The van der Waals surface area contributed by atoms with Gasteiger partial charge in [-0.2, -0.15) is 0 Å². The predicted molar refractivity (Wildman–Crippen MR) is 497 cm³/mol. The molecule has 702 valence electrons. The Kier molecular flexibility index (Phi) is 34.6. The summed E-state index contributed by atoms with van der Waals surface area (Å²) in [6, 6.07) is 47.7. The van der Waals surface area contributed by atoms with Gasteiger partial charge < -0.3 is 74.5 Å². The molecule has 9 aromatic carbocycles. The second kappa shape index (κ2) is 45.6. The molecule has 3 fully saturated rings. The third kappa shape index (κ3) is 28.2. The van der Waals surface area contributed by atoms with Crippen molar-refractivity contribution in [2.24, 2.45) is 0 Å². The second-order valence-corrected chi connectivity index (χ2v) is 35.8. The standard InChI is InChI=1S/C35H40FN3O6.2C34H38FN3O6/c1-6-9-29-32(41)39(30(33(42)44-5)22-24-12-15-25-10-7-8-11-26(25)20-24)19-18-38(29)31(40)28(37-34(43)45-35(2,3)4)21-23-13-16-27(36)17-14-23;2*1-5-8-28-31(40)38(29(32(41)42)21-23-11-14-24-9-6-7-10-25(24)19-23)18-17-37(28)30(39)27(36-33(43)44-34(2,3)4)20-22-12-15-26(35)16-13-22/h6-8,10-17,20,28-30H,1,9,18-19,21-22H2,2-5H3,(H,37,43);2*5-7,9-16,19,27-29H,1,8,17-18,20-21H2,2-4H3,(H,36,43)(H,41,42)/t28-,29+,30+;2*27-,28+,29+/m111/s1. The van der Waals surface area contributed by atoms with Crippen LogP contribution in [0.15, 0.2) is 238 Å². The molecule has 0 unspecified atom stereocenters. The lowest BCUT2D eigenvalue weighted by Crippen LogP contribution is -2.65. The number of ether oxygens (including phenoxy) is 4. The van der Waals surface area contributed by atoms with Crippen molar-refractivity contribution in [3.63, 3.8) is 0 Å². The van der Waals surface area contributed by atoms with Crippen LogP contribution in [0, 0.1) is 17.5 Å². The Bertz CT molecular complexity index is 5490. The highest BCUT2D eigenvalue weighted by molar-refractivity contribution is 5.98. The van der Waals surface area contributed by atoms with E-state index in [1.807, 2.05) is 127 Å². The molecule has 0 spiro atoms. The SMILES string of the molecule is C=CC[C@H]1C(=O)N([C@@H](Cc2ccc3ccccc3c2)C(=O)O)CCN1C(=O)[C@@H](Cc1ccc(F)cc1)NC(=O)OC(C)(C)C.C=CC[C@H]1C(=O)N([C@@H](Cc2ccc3ccccc3c2)C(=O)O)CCN1C(=O)[C@@H](Cc1ccc(F)cc1)NC(=O)OC(C)(C)C.C=CC[C@H]1C(=O)N([C@@H](Cc2ccc3ccccc3c2)C(=O)OC)CCN1C(=O)[C@@H](Cc1ccc(F)cc1)NC(=O)OC(C)(C)C. The summed E-state index contributed by atoms with van der Waals surface area (Å²) in [5.74, 6) is -7.23. The van der Waals surface area contributed by atoms with Crippen molar-refractivity contribution in [2.45, 2.75) is 191 Å². The molecule has 133 heavy (non-hydrogen) atoms. The minimum atomic E-state index is -1.15. The number of alkyl carbamates (subject to hydrolysis) is 3. The number of carbonyl (C=O) groups is 12. The van der Waals surface area contributed by atoms with Crippen LogP contribution in [0.1, 0.15) is 115 Å². The van der Waals surface area contributed by atoms with Gasteiger partial charge in [-0.15, -0.1) is 19.7 Å². The van der Waals surface area contributed by atoms with Gasteiger partial charge in [0.2, 0.25) is 35.4 Å². The van der Waals surface area contributed by atoms with Crippen LogP contribution < -0.4 is 16.0 Å². The largest absolute Gasteiger partial charge is 0.480 e. The number of amides is 9.